The lowest BCUT2D eigenvalue weighted by atomic mass is 9.84. The van der Waals surface area contributed by atoms with E-state index in [1.165, 1.54) is 0 Å². The van der Waals surface area contributed by atoms with Crippen molar-refractivity contribution >= 4 is 18.3 Å². The van der Waals surface area contributed by atoms with E-state index in [2.05, 4.69) is 10.6 Å². The van der Waals surface area contributed by atoms with E-state index in [1.807, 2.05) is 6.92 Å². The molecule has 0 aliphatic carbocycles. The first kappa shape index (κ1) is 12.2. The van der Waals surface area contributed by atoms with Gasteiger partial charge in [0.15, 0.2) is 0 Å². The third kappa shape index (κ3) is 1.77. The van der Waals surface area contributed by atoms with Gasteiger partial charge in [0.25, 0.3) is 5.91 Å². The minimum absolute atomic E-state index is 0. The van der Waals surface area contributed by atoms with Gasteiger partial charge < -0.3 is 15.7 Å². The van der Waals surface area contributed by atoms with Gasteiger partial charge >= 0.3 is 0 Å². The van der Waals surface area contributed by atoms with Gasteiger partial charge in [-0.15, -0.1) is 12.4 Å². The number of phenols is 1. The molecule has 3 rings (SSSR count). The Kier molecular flexibility index (Phi) is 3.02. The molecule has 0 bridgehead atoms. The van der Waals surface area contributed by atoms with E-state index in [0.717, 1.165) is 29.8 Å². The van der Waals surface area contributed by atoms with Gasteiger partial charge in [0.2, 0.25) is 0 Å². The van der Waals surface area contributed by atoms with Gasteiger partial charge in [0, 0.05) is 30.6 Å². The Bertz CT molecular complexity index is 476. The number of fused-ring (bicyclic) bond motifs is 3. The standard InChI is InChI=1S/C12H14N2O2.ClH/c1-6-2-7(15)3-8-9-4-13-5-10(9)14-12(16)11(6)8;/h2-3,9-10,13,15H,4-5H2,1H3,(H,14,16);1H. The van der Waals surface area contributed by atoms with E-state index in [9.17, 15) is 9.90 Å². The van der Waals surface area contributed by atoms with Crippen LogP contribution in [0.1, 0.15) is 27.4 Å². The molecule has 2 unspecified atom stereocenters. The molecule has 2 atom stereocenters. The number of aromatic hydroxyl groups is 1. The molecule has 5 heteroatoms. The Morgan fingerprint density at radius 2 is 2.12 bits per heavy atom. The Labute approximate surface area is 106 Å². The van der Waals surface area contributed by atoms with E-state index >= 15 is 0 Å². The lowest BCUT2D eigenvalue weighted by Gasteiger charge is -2.29. The summed E-state index contributed by atoms with van der Waals surface area (Å²) >= 11 is 0. The van der Waals surface area contributed by atoms with Crippen LogP contribution in [0.3, 0.4) is 0 Å². The van der Waals surface area contributed by atoms with Crippen LogP contribution in [0.5, 0.6) is 5.75 Å². The molecule has 1 amide bonds. The maximum Gasteiger partial charge on any atom is 0.252 e. The van der Waals surface area contributed by atoms with E-state index in [1.54, 1.807) is 12.1 Å². The van der Waals surface area contributed by atoms with Crippen molar-refractivity contribution in [1.82, 2.24) is 10.6 Å². The average molecular weight is 255 g/mol. The molecule has 4 nitrogen and oxygen atoms in total. The highest BCUT2D eigenvalue weighted by Crippen LogP contribution is 2.34. The van der Waals surface area contributed by atoms with Gasteiger partial charge in [-0.25, -0.2) is 0 Å². The van der Waals surface area contributed by atoms with Crippen LogP contribution in [0.15, 0.2) is 12.1 Å². The van der Waals surface area contributed by atoms with Gasteiger partial charge in [-0.3, -0.25) is 4.79 Å². The summed E-state index contributed by atoms with van der Waals surface area (Å²) in [6.07, 6.45) is 0. The van der Waals surface area contributed by atoms with E-state index in [4.69, 9.17) is 0 Å². The monoisotopic (exact) mass is 254 g/mol. The minimum Gasteiger partial charge on any atom is -0.508 e. The molecule has 2 aliphatic rings. The fraction of sp³-hybridized carbons (Fsp3) is 0.417. The first-order valence-electron chi connectivity index (χ1n) is 5.52. The Morgan fingerprint density at radius 3 is 2.88 bits per heavy atom. The predicted molar refractivity (Wildman–Crippen MR) is 67.0 cm³/mol. The van der Waals surface area contributed by atoms with Gasteiger partial charge in [-0.05, 0) is 30.2 Å². The highest BCUT2D eigenvalue weighted by Gasteiger charge is 2.37. The zero-order chi connectivity index (χ0) is 11.3. The predicted octanol–water partition coefficient (Wildman–Crippen LogP) is 0.921. The molecule has 0 radical (unpaired) electrons. The van der Waals surface area contributed by atoms with Crippen molar-refractivity contribution in [1.29, 1.82) is 0 Å². The summed E-state index contributed by atoms with van der Waals surface area (Å²) in [5, 5.41) is 15.9. The molecule has 1 fully saturated rings. The zero-order valence-electron chi connectivity index (χ0n) is 9.49. The normalized spacial score (nSPS) is 25.6. The minimum atomic E-state index is -0.0163. The third-order valence-electron chi connectivity index (χ3n) is 3.51. The second-order valence-corrected chi connectivity index (χ2v) is 4.57. The number of phenolic OH excluding ortho intramolecular Hbond substituents is 1. The SMILES string of the molecule is Cc1cc(O)cc2c1C(=O)NC1CNCC21.Cl. The number of nitrogens with one attached hydrogen (secondary N) is 2. The van der Waals surface area contributed by atoms with Crippen molar-refractivity contribution in [3.8, 4) is 5.75 Å². The smallest absolute Gasteiger partial charge is 0.252 e. The van der Waals surface area contributed by atoms with E-state index in [0.29, 0.717) is 5.92 Å². The molecule has 92 valence electrons. The van der Waals surface area contributed by atoms with Crippen molar-refractivity contribution in [2.24, 2.45) is 0 Å². The number of aryl methyl sites for hydroxylation is 1. The van der Waals surface area contributed by atoms with Crippen LogP contribution in [-0.4, -0.2) is 30.1 Å². The van der Waals surface area contributed by atoms with Crippen LogP contribution in [0.2, 0.25) is 0 Å². The number of hydrogen-bond donors (Lipinski definition) is 3. The average Bonchev–Trinajstić information content (AvgIpc) is 2.64. The van der Waals surface area contributed by atoms with Gasteiger partial charge in [-0.1, -0.05) is 0 Å². The number of amides is 1. The number of halogens is 1. The lowest BCUT2D eigenvalue weighted by molar-refractivity contribution is 0.0923. The van der Waals surface area contributed by atoms with Crippen molar-refractivity contribution in [2.75, 3.05) is 13.1 Å². The van der Waals surface area contributed by atoms with Crippen molar-refractivity contribution in [2.45, 2.75) is 18.9 Å². The first-order chi connectivity index (χ1) is 7.66. The summed E-state index contributed by atoms with van der Waals surface area (Å²) in [7, 11) is 0. The van der Waals surface area contributed by atoms with Crippen LogP contribution < -0.4 is 10.6 Å². The molecule has 0 spiro atoms. The molecular weight excluding hydrogens is 240 g/mol. The maximum atomic E-state index is 11.9. The fourth-order valence-corrected chi connectivity index (χ4v) is 2.80. The highest BCUT2D eigenvalue weighted by molar-refractivity contribution is 5.99. The summed E-state index contributed by atoms with van der Waals surface area (Å²) < 4.78 is 0. The molecule has 1 aromatic carbocycles. The second kappa shape index (κ2) is 4.20. The summed E-state index contributed by atoms with van der Waals surface area (Å²) in [6, 6.07) is 3.54. The van der Waals surface area contributed by atoms with Crippen molar-refractivity contribution in [3.05, 3.63) is 28.8 Å². The molecule has 17 heavy (non-hydrogen) atoms. The van der Waals surface area contributed by atoms with Gasteiger partial charge in [-0.2, -0.15) is 0 Å². The zero-order valence-corrected chi connectivity index (χ0v) is 10.3. The number of benzene rings is 1. The van der Waals surface area contributed by atoms with E-state index in [-0.39, 0.29) is 30.1 Å². The summed E-state index contributed by atoms with van der Waals surface area (Å²) in [4.78, 5) is 11.9. The van der Waals surface area contributed by atoms with Crippen LogP contribution in [0, 0.1) is 6.92 Å². The first-order valence-corrected chi connectivity index (χ1v) is 5.52. The van der Waals surface area contributed by atoms with Crippen LogP contribution >= 0.6 is 12.4 Å². The van der Waals surface area contributed by atoms with Crippen LogP contribution in [0.25, 0.3) is 0 Å². The molecule has 0 saturated carbocycles. The lowest BCUT2D eigenvalue weighted by Crippen LogP contribution is -2.44. The molecule has 1 aromatic rings. The van der Waals surface area contributed by atoms with Crippen molar-refractivity contribution < 1.29 is 9.90 Å². The number of carbonyl (C=O) groups is 1. The molecular formula is C12H15ClN2O2. The quantitative estimate of drug-likeness (QED) is 0.645. The Morgan fingerprint density at radius 1 is 1.35 bits per heavy atom. The molecule has 1 saturated heterocycles. The second-order valence-electron chi connectivity index (χ2n) is 4.57. The van der Waals surface area contributed by atoms with Gasteiger partial charge in [0.05, 0.1) is 0 Å². The molecule has 0 aromatic heterocycles. The van der Waals surface area contributed by atoms with Crippen LogP contribution in [0.4, 0.5) is 0 Å². The Balaban J connectivity index is 0.00000108. The number of carbonyl (C=O) groups excluding carboxylic acids is 1. The molecule has 2 aliphatic heterocycles. The number of rotatable bonds is 0. The molecule has 3 N–H and O–H groups in total. The largest absolute Gasteiger partial charge is 0.508 e. The molecule has 2 heterocycles. The summed E-state index contributed by atoms with van der Waals surface area (Å²) in [6.45, 7) is 3.53. The van der Waals surface area contributed by atoms with Gasteiger partial charge in [0.1, 0.15) is 5.75 Å². The number of hydrogen-bond acceptors (Lipinski definition) is 3. The summed E-state index contributed by atoms with van der Waals surface area (Å²) in [5.41, 5.74) is 2.57. The van der Waals surface area contributed by atoms with E-state index < -0.39 is 0 Å². The third-order valence-corrected chi connectivity index (χ3v) is 3.51. The van der Waals surface area contributed by atoms with Crippen LogP contribution in [-0.2, 0) is 0 Å². The Hall–Kier alpha value is -1.26. The summed E-state index contributed by atoms with van der Waals surface area (Å²) in [5.74, 6) is 0.521. The fourth-order valence-electron chi connectivity index (χ4n) is 2.80. The topological polar surface area (TPSA) is 61.4 Å². The highest BCUT2D eigenvalue weighted by atomic mass is 35.5. The van der Waals surface area contributed by atoms with Crippen molar-refractivity contribution in [3.63, 3.8) is 0 Å². The maximum absolute atomic E-state index is 11.9.